The van der Waals surface area contributed by atoms with Gasteiger partial charge in [-0.3, -0.25) is 9.69 Å². The predicted octanol–water partition coefficient (Wildman–Crippen LogP) is 4.76. The van der Waals surface area contributed by atoms with Gasteiger partial charge in [-0.1, -0.05) is 47.5 Å². The fourth-order valence-corrected chi connectivity index (χ4v) is 4.09. The summed E-state index contributed by atoms with van der Waals surface area (Å²) in [6.45, 7) is 4.51. The number of hydrogen-bond donors (Lipinski definition) is 0. The van der Waals surface area contributed by atoms with Crippen molar-refractivity contribution >= 4 is 29.0 Å². The number of benzene rings is 2. The third-order valence-corrected chi connectivity index (χ3v) is 6.02. The second kappa shape index (κ2) is 9.40. The third-order valence-electron chi connectivity index (χ3n) is 5.45. The lowest BCUT2D eigenvalue weighted by atomic mass is 10.1. The van der Waals surface area contributed by atoms with Gasteiger partial charge in [0.15, 0.2) is 11.4 Å². The minimum atomic E-state index is -0.356. The fraction of sp³-hybridized carbons (Fsp3) is 0.304. The number of carbonyl (C=O) groups excluding carboxylic acids is 1. The molecular weight excluding hydrogens is 437 g/mol. The molecule has 0 saturated carbocycles. The number of Topliss-reactive ketones (excluding diaryl/α,β-unsaturated/α-hetero) is 1. The molecule has 2 aromatic carbocycles. The van der Waals surface area contributed by atoms with E-state index in [-0.39, 0.29) is 17.5 Å². The molecule has 3 aromatic rings. The molecule has 8 heteroatoms. The molecule has 1 aromatic heterocycles. The smallest absolute Gasteiger partial charge is 0.203 e. The third kappa shape index (κ3) is 4.34. The molecule has 1 atom stereocenters. The summed E-state index contributed by atoms with van der Waals surface area (Å²) < 4.78 is 12.8. The van der Waals surface area contributed by atoms with Crippen LogP contribution in [0.4, 0.5) is 0 Å². The van der Waals surface area contributed by atoms with Gasteiger partial charge in [0, 0.05) is 23.7 Å². The molecule has 0 N–H and O–H groups in total. The normalized spacial score (nSPS) is 15.6. The van der Waals surface area contributed by atoms with Crippen molar-refractivity contribution in [3.8, 4) is 22.7 Å². The van der Waals surface area contributed by atoms with Gasteiger partial charge in [0.2, 0.25) is 5.78 Å². The molecule has 0 bridgehead atoms. The number of para-hydroxylation sites is 1. The Morgan fingerprint density at radius 1 is 1.10 bits per heavy atom. The maximum atomic E-state index is 13.5. The highest BCUT2D eigenvalue weighted by atomic mass is 35.5. The fourth-order valence-electron chi connectivity index (χ4n) is 3.75. The first-order chi connectivity index (χ1) is 15.0. The van der Waals surface area contributed by atoms with E-state index in [1.807, 2.05) is 37.3 Å². The minimum Gasteiger partial charge on any atom is -0.492 e. The van der Waals surface area contributed by atoms with Crippen LogP contribution in [0.25, 0.3) is 16.9 Å². The van der Waals surface area contributed by atoms with Crippen molar-refractivity contribution in [3.63, 3.8) is 0 Å². The molecule has 1 fully saturated rings. The molecule has 4 rings (SSSR count). The average Bonchev–Trinajstić information content (AvgIpc) is 3.18. The molecular formula is C23H23Cl2N3O3. The van der Waals surface area contributed by atoms with E-state index in [9.17, 15) is 4.79 Å². The number of hydrogen-bond acceptors (Lipinski definition) is 5. The van der Waals surface area contributed by atoms with Crippen LogP contribution in [-0.4, -0.2) is 59.9 Å². The quantitative estimate of drug-likeness (QED) is 0.497. The topological polar surface area (TPSA) is 56.6 Å². The highest BCUT2D eigenvalue weighted by Crippen LogP contribution is 2.38. The molecule has 2 heterocycles. The van der Waals surface area contributed by atoms with Gasteiger partial charge in [-0.25, -0.2) is 4.68 Å². The minimum absolute atomic E-state index is 0.111. The van der Waals surface area contributed by atoms with Crippen LogP contribution in [0.15, 0.2) is 48.5 Å². The molecule has 6 nitrogen and oxygen atoms in total. The van der Waals surface area contributed by atoms with Crippen molar-refractivity contribution in [2.24, 2.45) is 0 Å². The van der Waals surface area contributed by atoms with E-state index in [2.05, 4.69) is 4.90 Å². The Balaban J connectivity index is 1.86. The van der Waals surface area contributed by atoms with E-state index in [4.69, 9.17) is 37.8 Å². The highest BCUT2D eigenvalue weighted by Gasteiger charge is 2.32. The van der Waals surface area contributed by atoms with Crippen LogP contribution < -0.4 is 4.74 Å². The van der Waals surface area contributed by atoms with Crippen LogP contribution in [0, 0.1) is 0 Å². The Labute approximate surface area is 191 Å². The van der Waals surface area contributed by atoms with E-state index >= 15 is 0 Å². The van der Waals surface area contributed by atoms with Crippen molar-refractivity contribution < 1.29 is 14.3 Å². The zero-order chi connectivity index (χ0) is 22.0. The molecule has 1 aliphatic rings. The van der Waals surface area contributed by atoms with E-state index in [0.29, 0.717) is 53.5 Å². The first-order valence-electron chi connectivity index (χ1n) is 10.0. The molecule has 0 amide bonds. The van der Waals surface area contributed by atoms with Crippen molar-refractivity contribution in [1.29, 1.82) is 0 Å². The lowest BCUT2D eigenvalue weighted by molar-refractivity contribution is 0.0206. The second-order valence-electron chi connectivity index (χ2n) is 7.29. The van der Waals surface area contributed by atoms with Crippen LogP contribution in [0.2, 0.25) is 10.0 Å². The molecule has 0 spiro atoms. The summed E-state index contributed by atoms with van der Waals surface area (Å²) in [5, 5.41) is 5.82. The maximum Gasteiger partial charge on any atom is 0.203 e. The van der Waals surface area contributed by atoms with Crippen LogP contribution in [0.5, 0.6) is 5.75 Å². The van der Waals surface area contributed by atoms with Gasteiger partial charge >= 0.3 is 0 Å². The van der Waals surface area contributed by atoms with Gasteiger partial charge < -0.3 is 9.47 Å². The Morgan fingerprint density at radius 2 is 1.77 bits per heavy atom. The number of aromatic nitrogens is 2. The van der Waals surface area contributed by atoms with E-state index in [0.717, 1.165) is 5.56 Å². The summed E-state index contributed by atoms with van der Waals surface area (Å²) in [6, 6.07) is 14.3. The van der Waals surface area contributed by atoms with Gasteiger partial charge in [0.1, 0.15) is 5.69 Å². The lowest BCUT2D eigenvalue weighted by Gasteiger charge is -2.30. The van der Waals surface area contributed by atoms with E-state index in [1.165, 1.54) is 0 Å². The number of ketones is 1. The summed E-state index contributed by atoms with van der Waals surface area (Å²) in [7, 11) is 1.55. The van der Waals surface area contributed by atoms with Crippen LogP contribution in [0.1, 0.15) is 17.4 Å². The number of rotatable bonds is 6. The van der Waals surface area contributed by atoms with Gasteiger partial charge in [0.05, 0.1) is 37.1 Å². The molecule has 1 aliphatic heterocycles. The van der Waals surface area contributed by atoms with Crippen molar-refractivity contribution in [2.75, 3.05) is 33.4 Å². The SMILES string of the molecule is COc1c(C(=O)C(C)N2CCOCC2)nn(-c2ccccc2Cl)c1-c1ccc(Cl)cc1. The molecule has 31 heavy (non-hydrogen) atoms. The largest absolute Gasteiger partial charge is 0.492 e. The van der Waals surface area contributed by atoms with Gasteiger partial charge in [-0.05, 0) is 31.2 Å². The Bertz CT molecular complexity index is 1080. The molecule has 1 unspecified atom stereocenters. The number of ether oxygens (including phenoxy) is 2. The van der Waals surface area contributed by atoms with Crippen LogP contribution in [0.3, 0.4) is 0 Å². The monoisotopic (exact) mass is 459 g/mol. The van der Waals surface area contributed by atoms with E-state index in [1.54, 1.807) is 30.0 Å². The van der Waals surface area contributed by atoms with Crippen molar-refractivity contribution in [1.82, 2.24) is 14.7 Å². The van der Waals surface area contributed by atoms with E-state index < -0.39 is 0 Å². The second-order valence-corrected chi connectivity index (χ2v) is 8.13. The number of methoxy groups -OCH3 is 1. The summed E-state index contributed by atoms with van der Waals surface area (Å²) in [6.07, 6.45) is 0. The summed E-state index contributed by atoms with van der Waals surface area (Å²) >= 11 is 12.6. The average molecular weight is 460 g/mol. The number of carbonyl (C=O) groups is 1. The van der Waals surface area contributed by atoms with Gasteiger partial charge in [0.25, 0.3) is 0 Å². The molecule has 1 saturated heterocycles. The zero-order valence-corrected chi connectivity index (χ0v) is 18.9. The Morgan fingerprint density at radius 3 is 2.42 bits per heavy atom. The number of morpholine rings is 1. The van der Waals surface area contributed by atoms with Crippen molar-refractivity contribution in [2.45, 2.75) is 13.0 Å². The summed E-state index contributed by atoms with van der Waals surface area (Å²) in [5.41, 5.74) is 2.38. The summed E-state index contributed by atoms with van der Waals surface area (Å²) in [5.74, 6) is 0.298. The van der Waals surface area contributed by atoms with Crippen LogP contribution in [-0.2, 0) is 4.74 Å². The van der Waals surface area contributed by atoms with Crippen molar-refractivity contribution in [3.05, 3.63) is 64.3 Å². The summed E-state index contributed by atoms with van der Waals surface area (Å²) in [4.78, 5) is 15.6. The molecule has 0 radical (unpaired) electrons. The predicted molar refractivity (Wildman–Crippen MR) is 122 cm³/mol. The first kappa shape index (κ1) is 21.8. The lowest BCUT2D eigenvalue weighted by Crippen LogP contribution is -2.46. The number of nitrogens with zero attached hydrogens (tertiary/aromatic N) is 3. The molecule has 162 valence electrons. The standard InChI is InChI=1S/C23H23Cl2N3O3/c1-15(27-11-13-31-14-12-27)22(29)20-23(30-2)21(16-7-9-17(24)10-8-16)28(26-20)19-6-4-3-5-18(19)25/h3-10,15H,11-14H2,1-2H3. The van der Waals surface area contributed by atoms with Gasteiger partial charge in [-0.15, -0.1) is 0 Å². The number of halogens is 2. The Hall–Kier alpha value is -2.38. The highest BCUT2D eigenvalue weighted by molar-refractivity contribution is 6.32. The zero-order valence-electron chi connectivity index (χ0n) is 17.3. The Kier molecular flexibility index (Phi) is 6.62. The molecule has 0 aliphatic carbocycles. The maximum absolute atomic E-state index is 13.5. The van der Waals surface area contributed by atoms with Crippen LogP contribution >= 0.6 is 23.2 Å². The first-order valence-corrected chi connectivity index (χ1v) is 10.8. The van der Waals surface area contributed by atoms with Gasteiger partial charge in [-0.2, -0.15) is 5.10 Å².